The fraction of sp³-hybridized carbons (Fsp3) is 0.353. The van der Waals surface area contributed by atoms with Crippen LogP contribution in [-0.2, 0) is 22.6 Å². The predicted molar refractivity (Wildman–Crippen MR) is 96.1 cm³/mol. The SMILES string of the molecule is CCCN(CC(=O)O)C(=O)Cc1csc(COc2ccc(Cl)cc2)n1. The van der Waals surface area contributed by atoms with Crippen molar-refractivity contribution in [1.82, 2.24) is 9.88 Å². The van der Waals surface area contributed by atoms with Gasteiger partial charge in [0.1, 0.15) is 23.9 Å². The molecular formula is C17H19ClN2O4S. The van der Waals surface area contributed by atoms with Crippen LogP contribution in [0.15, 0.2) is 29.6 Å². The first-order chi connectivity index (χ1) is 12.0. The first-order valence-electron chi connectivity index (χ1n) is 7.79. The van der Waals surface area contributed by atoms with Gasteiger partial charge in [0.2, 0.25) is 5.91 Å². The summed E-state index contributed by atoms with van der Waals surface area (Å²) in [7, 11) is 0. The lowest BCUT2D eigenvalue weighted by atomic mass is 10.3. The summed E-state index contributed by atoms with van der Waals surface area (Å²) in [5.41, 5.74) is 0.621. The molecule has 0 atom stereocenters. The molecule has 1 heterocycles. The maximum Gasteiger partial charge on any atom is 0.323 e. The monoisotopic (exact) mass is 382 g/mol. The molecule has 0 aliphatic carbocycles. The molecule has 25 heavy (non-hydrogen) atoms. The number of aliphatic carboxylic acids is 1. The van der Waals surface area contributed by atoms with Gasteiger partial charge in [-0.2, -0.15) is 0 Å². The highest BCUT2D eigenvalue weighted by molar-refractivity contribution is 7.09. The molecule has 1 N–H and O–H groups in total. The molecule has 0 saturated heterocycles. The fourth-order valence-corrected chi connectivity index (χ4v) is 3.00. The Balaban J connectivity index is 1.90. The molecular weight excluding hydrogens is 364 g/mol. The van der Waals surface area contributed by atoms with Gasteiger partial charge in [0.05, 0.1) is 12.1 Å². The van der Waals surface area contributed by atoms with Crippen molar-refractivity contribution in [1.29, 1.82) is 0 Å². The van der Waals surface area contributed by atoms with Crippen LogP contribution in [0.25, 0.3) is 0 Å². The summed E-state index contributed by atoms with van der Waals surface area (Å²) in [4.78, 5) is 28.8. The Labute approximate surface area is 155 Å². The van der Waals surface area contributed by atoms with Crippen molar-refractivity contribution in [2.45, 2.75) is 26.4 Å². The smallest absolute Gasteiger partial charge is 0.323 e. The minimum absolute atomic E-state index is 0.0880. The van der Waals surface area contributed by atoms with Crippen LogP contribution >= 0.6 is 22.9 Å². The van der Waals surface area contributed by atoms with Crippen molar-refractivity contribution < 1.29 is 19.4 Å². The largest absolute Gasteiger partial charge is 0.486 e. The molecule has 0 bridgehead atoms. The molecule has 0 radical (unpaired) electrons. The Morgan fingerprint density at radius 1 is 1.32 bits per heavy atom. The molecule has 6 nitrogen and oxygen atoms in total. The van der Waals surface area contributed by atoms with Crippen molar-refractivity contribution in [3.63, 3.8) is 0 Å². The second-order valence-electron chi connectivity index (χ2n) is 5.36. The number of carbonyl (C=O) groups is 2. The predicted octanol–water partition coefficient (Wildman–Crippen LogP) is 3.24. The van der Waals surface area contributed by atoms with Crippen molar-refractivity contribution in [3.05, 3.63) is 45.4 Å². The van der Waals surface area contributed by atoms with Crippen LogP contribution in [0.1, 0.15) is 24.0 Å². The quantitative estimate of drug-likeness (QED) is 0.720. The van der Waals surface area contributed by atoms with E-state index in [2.05, 4.69) is 4.98 Å². The zero-order valence-electron chi connectivity index (χ0n) is 13.8. The Morgan fingerprint density at radius 3 is 2.68 bits per heavy atom. The maximum absolute atomic E-state index is 12.2. The molecule has 0 saturated carbocycles. The number of rotatable bonds is 9. The molecule has 0 spiro atoms. The van der Waals surface area contributed by atoms with E-state index >= 15 is 0 Å². The van der Waals surface area contributed by atoms with E-state index in [9.17, 15) is 9.59 Å². The van der Waals surface area contributed by atoms with E-state index in [0.717, 1.165) is 5.01 Å². The molecule has 2 rings (SSSR count). The van der Waals surface area contributed by atoms with Crippen LogP contribution in [0, 0.1) is 0 Å². The van der Waals surface area contributed by atoms with E-state index in [1.54, 1.807) is 29.6 Å². The molecule has 8 heteroatoms. The highest BCUT2D eigenvalue weighted by Gasteiger charge is 2.17. The number of nitrogens with zero attached hydrogens (tertiary/aromatic N) is 2. The Bertz CT molecular complexity index is 718. The summed E-state index contributed by atoms with van der Waals surface area (Å²) in [5.74, 6) is -0.565. The Morgan fingerprint density at radius 2 is 2.04 bits per heavy atom. The summed E-state index contributed by atoms with van der Waals surface area (Å²) in [6.45, 7) is 2.33. The van der Waals surface area contributed by atoms with Crippen molar-refractivity contribution in [2.24, 2.45) is 0 Å². The standard InChI is InChI=1S/C17H19ClN2O4S/c1-2-7-20(9-17(22)23)16(21)8-13-11-25-15(19-13)10-24-14-5-3-12(18)4-6-14/h3-6,11H,2,7-10H2,1H3,(H,22,23). The van der Waals surface area contributed by atoms with Gasteiger partial charge in [0.15, 0.2) is 0 Å². The van der Waals surface area contributed by atoms with Gasteiger partial charge < -0.3 is 14.7 Å². The fourth-order valence-electron chi connectivity index (χ4n) is 2.16. The van der Waals surface area contributed by atoms with Gasteiger partial charge in [-0.1, -0.05) is 18.5 Å². The topological polar surface area (TPSA) is 79.7 Å². The van der Waals surface area contributed by atoms with Crippen molar-refractivity contribution in [3.8, 4) is 5.75 Å². The average molecular weight is 383 g/mol. The number of carboxylic acid groups (broad SMARTS) is 1. The van der Waals surface area contributed by atoms with E-state index in [1.165, 1.54) is 16.2 Å². The minimum atomic E-state index is -1.02. The van der Waals surface area contributed by atoms with Crippen LogP contribution in [0.2, 0.25) is 5.02 Å². The number of ether oxygens (including phenoxy) is 1. The number of thiazole rings is 1. The van der Waals surface area contributed by atoms with Gasteiger partial charge in [-0.25, -0.2) is 4.98 Å². The van der Waals surface area contributed by atoms with Crippen LogP contribution in [0.5, 0.6) is 5.75 Å². The lowest BCUT2D eigenvalue weighted by Gasteiger charge is -2.19. The second-order valence-corrected chi connectivity index (χ2v) is 6.74. The number of carboxylic acids is 1. The summed E-state index contributed by atoms with van der Waals surface area (Å²) in [6.07, 6.45) is 0.793. The van der Waals surface area contributed by atoms with Gasteiger partial charge in [0, 0.05) is 16.9 Å². The van der Waals surface area contributed by atoms with Crippen molar-refractivity contribution in [2.75, 3.05) is 13.1 Å². The maximum atomic E-state index is 12.2. The van der Waals surface area contributed by atoms with Crippen LogP contribution < -0.4 is 4.74 Å². The molecule has 0 unspecified atom stereocenters. The third-order valence-electron chi connectivity index (χ3n) is 3.28. The number of amides is 1. The number of benzene rings is 1. The van der Waals surface area contributed by atoms with Gasteiger partial charge >= 0.3 is 5.97 Å². The van der Waals surface area contributed by atoms with E-state index in [4.69, 9.17) is 21.4 Å². The van der Waals surface area contributed by atoms with Crippen LogP contribution in [-0.4, -0.2) is 40.0 Å². The third kappa shape index (κ3) is 6.36. The summed E-state index contributed by atoms with van der Waals surface area (Å²) >= 11 is 7.23. The van der Waals surface area contributed by atoms with Gasteiger partial charge in [-0.3, -0.25) is 9.59 Å². The summed E-state index contributed by atoms with van der Waals surface area (Å²) in [6, 6.07) is 7.03. The molecule has 1 aromatic carbocycles. The lowest BCUT2D eigenvalue weighted by Crippen LogP contribution is -2.37. The Hall–Kier alpha value is -2.12. The molecule has 134 valence electrons. The summed E-state index contributed by atoms with van der Waals surface area (Å²) in [5, 5.41) is 12.1. The molecule has 1 amide bonds. The second kappa shape index (κ2) is 9.39. The van der Waals surface area contributed by atoms with Gasteiger partial charge in [-0.15, -0.1) is 11.3 Å². The van der Waals surface area contributed by atoms with Gasteiger partial charge in [-0.05, 0) is 30.7 Å². The van der Waals surface area contributed by atoms with E-state index < -0.39 is 5.97 Å². The Kier molecular flexibility index (Phi) is 7.21. The zero-order chi connectivity index (χ0) is 18.2. The molecule has 1 aromatic heterocycles. The highest BCUT2D eigenvalue weighted by atomic mass is 35.5. The first kappa shape index (κ1) is 19.2. The van der Waals surface area contributed by atoms with E-state index in [-0.39, 0.29) is 18.9 Å². The number of carbonyl (C=O) groups excluding carboxylic acids is 1. The number of hydrogen-bond acceptors (Lipinski definition) is 5. The van der Waals surface area contributed by atoms with E-state index in [1.807, 2.05) is 6.92 Å². The molecule has 0 fully saturated rings. The highest BCUT2D eigenvalue weighted by Crippen LogP contribution is 2.18. The van der Waals surface area contributed by atoms with Gasteiger partial charge in [0.25, 0.3) is 0 Å². The lowest BCUT2D eigenvalue weighted by molar-refractivity contribution is -0.144. The third-order valence-corrected chi connectivity index (χ3v) is 4.40. The van der Waals surface area contributed by atoms with E-state index in [0.29, 0.717) is 36.0 Å². The molecule has 0 aliphatic rings. The normalized spacial score (nSPS) is 10.5. The summed E-state index contributed by atoms with van der Waals surface area (Å²) < 4.78 is 5.62. The number of aromatic nitrogens is 1. The van der Waals surface area contributed by atoms with Crippen LogP contribution in [0.4, 0.5) is 0 Å². The molecule has 2 aromatic rings. The number of halogens is 1. The van der Waals surface area contributed by atoms with Crippen molar-refractivity contribution >= 4 is 34.8 Å². The first-order valence-corrected chi connectivity index (χ1v) is 9.05. The number of hydrogen-bond donors (Lipinski definition) is 1. The minimum Gasteiger partial charge on any atom is -0.486 e. The average Bonchev–Trinajstić information content (AvgIpc) is 3.01. The van der Waals surface area contributed by atoms with Crippen LogP contribution in [0.3, 0.4) is 0 Å². The molecule has 0 aliphatic heterocycles. The zero-order valence-corrected chi connectivity index (χ0v) is 15.3.